The number of alkyl halides is 2. The molecule has 0 spiro atoms. The van der Waals surface area contributed by atoms with Crippen molar-refractivity contribution in [3.8, 4) is 0 Å². The standard InChI is InChI=1S/C17H28F2N2O6/c1-15(2,3)26-13(23)20-11(12(22)25-7)10-8-17(18,19)9-21(10)14(24)27-16(4,5)6/h10-11H,8-9H2,1-7H3,(H,20,23)/t10-,11-/m0/s1. The fourth-order valence-electron chi connectivity index (χ4n) is 2.54. The number of esters is 1. The Bertz CT molecular complexity index is 583. The van der Waals surface area contributed by atoms with Crippen LogP contribution < -0.4 is 5.32 Å². The largest absolute Gasteiger partial charge is 0.467 e. The van der Waals surface area contributed by atoms with Crippen LogP contribution in [0.5, 0.6) is 0 Å². The van der Waals surface area contributed by atoms with Crippen LogP contribution in [0.2, 0.25) is 0 Å². The van der Waals surface area contributed by atoms with Crippen molar-refractivity contribution in [1.82, 2.24) is 10.2 Å². The molecule has 1 rings (SSSR count). The van der Waals surface area contributed by atoms with Crippen molar-refractivity contribution in [3.05, 3.63) is 0 Å². The van der Waals surface area contributed by atoms with Crippen molar-refractivity contribution >= 4 is 18.2 Å². The Morgan fingerprint density at radius 1 is 1.07 bits per heavy atom. The number of nitrogens with zero attached hydrogens (tertiary/aromatic N) is 1. The van der Waals surface area contributed by atoms with Gasteiger partial charge in [-0.1, -0.05) is 0 Å². The van der Waals surface area contributed by atoms with Crippen molar-refractivity contribution in [3.63, 3.8) is 0 Å². The summed E-state index contributed by atoms with van der Waals surface area (Å²) in [7, 11) is 1.05. The van der Waals surface area contributed by atoms with E-state index in [0.717, 1.165) is 12.0 Å². The van der Waals surface area contributed by atoms with Crippen molar-refractivity contribution < 1.29 is 37.4 Å². The lowest BCUT2D eigenvalue weighted by Gasteiger charge is -2.32. The van der Waals surface area contributed by atoms with Gasteiger partial charge in [-0.15, -0.1) is 0 Å². The van der Waals surface area contributed by atoms with Crippen LogP contribution in [0.15, 0.2) is 0 Å². The molecule has 2 atom stereocenters. The molecule has 0 radical (unpaired) electrons. The van der Waals surface area contributed by atoms with Crippen LogP contribution in [0.25, 0.3) is 0 Å². The van der Waals surface area contributed by atoms with Crippen LogP contribution in [-0.2, 0) is 19.0 Å². The molecule has 1 saturated heterocycles. The molecule has 1 fully saturated rings. The molecule has 2 amide bonds. The van der Waals surface area contributed by atoms with Crippen molar-refractivity contribution in [2.45, 2.75) is 77.2 Å². The predicted octanol–water partition coefficient (Wildman–Crippen LogP) is 2.70. The second kappa shape index (κ2) is 7.85. The number of carbonyl (C=O) groups excluding carboxylic acids is 3. The summed E-state index contributed by atoms with van der Waals surface area (Å²) in [5, 5.41) is 2.23. The fraction of sp³-hybridized carbons (Fsp3) is 0.824. The maximum absolute atomic E-state index is 14.0. The Labute approximate surface area is 157 Å². The molecular formula is C17H28F2N2O6. The number of rotatable bonds is 3. The van der Waals surface area contributed by atoms with Crippen LogP contribution >= 0.6 is 0 Å². The minimum Gasteiger partial charge on any atom is -0.467 e. The first-order valence-electron chi connectivity index (χ1n) is 8.49. The molecule has 0 aromatic heterocycles. The van der Waals surface area contributed by atoms with E-state index in [2.05, 4.69) is 10.1 Å². The highest BCUT2D eigenvalue weighted by molar-refractivity contribution is 5.83. The highest BCUT2D eigenvalue weighted by Crippen LogP contribution is 2.35. The highest BCUT2D eigenvalue weighted by Gasteiger charge is 2.53. The average molecular weight is 394 g/mol. The molecule has 0 aromatic carbocycles. The quantitative estimate of drug-likeness (QED) is 0.584. The number of halogens is 2. The molecule has 0 bridgehead atoms. The minimum absolute atomic E-state index is 0.740. The summed E-state index contributed by atoms with van der Waals surface area (Å²) < 4.78 is 42.9. The highest BCUT2D eigenvalue weighted by atomic mass is 19.3. The second-order valence-electron chi connectivity index (χ2n) is 8.38. The van der Waals surface area contributed by atoms with E-state index >= 15 is 0 Å². The van der Waals surface area contributed by atoms with Gasteiger partial charge in [0.25, 0.3) is 5.92 Å². The molecule has 0 aromatic rings. The van der Waals surface area contributed by atoms with E-state index in [9.17, 15) is 23.2 Å². The average Bonchev–Trinajstić information content (AvgIpc) is 2.76. The van der Waals surface area contributed by atoms with Crippen LogP contribution in [0.4, 0.5) is 18.4 Å². The molecule has 8 nitrogen and oxygen atoms in total. The van der Waals surface area contributed by atoms with Gasteiger partial charge in [-0.25, -0.2) is 23.2 Å². The Kier molecular flexibility index (Phi) is 6.66. The summed E-state index contributed by atoms with van der Waals surface area (Å²) in [6, 6.07) is -2.89. The number of carbonyl (C=O) groups is 3. The molecule has 156 valence electrons. The third kappa shape index (κ3) is 7.18. The van der Waals surface area contributed by atoms with Gasteiger partial charge in [0.15, 0.2) is 6.04 Å². The monoisotopic (exact) mass is 394 g/mol. The Balaban J connectivity index is 3.10. The molecular weight excluding hydrogens is 366 g/mol. The summed E-state index contributed by atoms with van der Waals surface area (Å²) >= 11 is 0. The molecule has 1 heterocycles. The summed E-state index contributed by atoms with van der Waals surface area (Å²) in [4.78, 5) is 37.3. The first kappa shape index (κ1) is 22.9. The third-order valence-electron chi connectivity index (χ3n) is 3.45. The lowest BCUT2D eigenvalue weighted by molar-refractivity contribution is -0.144. The summed E-state index contributed by atoms with van der Waals surface area (Å²) in [6.07, 6.45) is -2.83. The Morgan fingerprint density at radius 2 is 1.59 bits per heavy atom. The second-order valence-corrected chi connectivity index (χ2v) is 8.38. The Morgan fingerprint density at radius 3 is 2.04 bits per heavy atom. The van der Waals surface area contributed by atoms with Gasteiger partial charge in [0, 0.05) is 6.42 Å². The third-order valence-corrected chi connectivity index (χ3v) is 3.45. The van der Waals surface area contributed by atoms with Gasteiger partial charge in [-0.05, 0) is 41.5 Å². The lowest BCUT2D eigenvalue weighted by Crippen LogP contribution is -2.56. The zero-order valence-electron chi connectivity index (χ0n) is 16.7. The number of likely N-dealkylation sites (tertiary alicyclic amines) is 1. The molecule has 0 saturated carbocycles. The minimum atomic E-state index is -3.25. The van der Waals surface area contributed by atoms with E-state index in [4.69, 9.17) is 9.47 Å². The molecule has 1 N–H and O–H groups in total. The van der Waals surface area contributed by atoms with E-state index in [1.807, 2.05) is 0 Å². The molecule has 0 aliphatic carbocycles. The molecule has 1 aliphatic heterocycles. The van der Waals surface area contributed by atoms with Crippen LogP contribution in [0.3, 0.4) is 0 Å². The van der Waals surface area contributed by atoms with E-state index < -0.39 is 60.3 Å². The maximum atomic E-state index is 14.0. The van der Waals surface area contributed by atoms with Crippen molar-refractivity contribution in [2.75, 3.05) is 13.7 Å². The van der Waals surface area contributed by atoms with Crippen LogP contribution in [0.1, 0.15) is 48.0 Å². The predicted molar refractivity (Wildman–Crippen MR) is 91.5 cm³/mol. The summed E-state index contributed by atoms with van der Waals surface area (Å²) in [6.45, 7) is 8.65. The van der Waals surface area contributed by atoms with E-state index in [1.165, 1.54) is 0 Å². The maximum Gasteiger partial charge on any atom is 0.410 e. The zero-order chi connectivity index (χ0) is 21.2. The molecule has 27 heavy (non-hydrogen) atoms. The summed E-state index contributed by atoms with van der Waals surface area (Å²) in [5.74, 6) is -4.22. The topological polar surface area (TPSA) is 94.2 Å². The van der Waals surface area contributed by atoms with E-state index in [1.54, 1.807) is 41.5 Å². The number of alkyl carbamates (subject to hydrolysis) is 1. The van der Waals surface area contributed by atoms with E-state index in [0.29, 0.717) is 0 Å². The fourth-order valence-corrected chi connectivity index (χ4v) is 2.54. The SMILES string of the molecule is COC(=O)[C@@H](NC(=O)OC(C)(C)C)[C@@H]1CC(F)(F)CN1C(=O)OC(C)(C)C. The van der Waals surface area contributed by atoms with Crippen LogP contribution in [0, 0.1) is 0 Å². The van der Waals surface area contributed by atoms with Crippen LogP contribution in [-0.4, -0.2) is 65.9 Å². The number of amides is 2. The lowest BCUT2D eigenvalue weighted by atomic mass is 10.0. The molecule has 1 aliphatic rings. The van der Waals surface area contributed by atoms with Gasteiger partial charge in [0.1, 0.15) is 11.2 Å². The smallest absolute Gasteiger partial charge is 0.410 e. The van der Waals surface area contributed by atoms with E-state index in [-0.39, 0.29) is 0 Å². The van der Waals surface area contributed by atoms with Gasteiger partial charge >= 0.3 is 18.2 Å². The number of hydrogen-bond acceptors (Lipinski definition) is 6. The number of hydrogen-bond donors (Lipinski definition) is 1. The van der Waals surface area contributed by atoms with Gasteiger partial charge in [0.05, 0.1) is 19.7 Å². The zero-order valence-corrected chi connectivity index (χ0v) is 16.7. The normalized spacial score (nSPS) is 20.6. The first-order valence-corrected chi connectivity index (χ1v) is 8.49. The Hall–Kier alpha value is -2.13. The summed E-state index contributed by atoms with van der Waals surface area (Å²) in [5.41, 5.74) is -1.78. The number of ether oxygens (including phenoxy) is 3. The number of nitrogens with one attached hydrogen (secondary N) is 1. The van der Waals surface area contributed by atoms with Crippen molar-refractivity contribution in [1.29, 1.82) is 0 Å². The van der Waals surface area contributed by atoms with Crippen molar-refractivity contribution in [2.24, 2.45) is 0 Å². The van der Waals surface area contributed by atoms with Gasteiger partial charge in [-0.2, -0.15) is 0 Å². The molecule has 0 unspecified atom stereocenters. The van der Waals surface area contributed by atoms with Gasteiger partial charge in [-0.3, -0.25) is 4.90 Å². The van der Waals surface area contributed by atoms with Gasteiger partial charge < -0.3 is 19.5 Å². The number of methoxy groups -OCH3 is 1. The molecule has 10 heteroatoms. The first-order chi connectivity index (χ1) is 12.0. The van der Waals surface area contributed by atoms with Gasteiger partial charge in [0.2, 0.25) is 0 Å².